The summed E-state index contributed by atoms with van der Waals surface area (Å²) in [6, 6.07) is 10.4. The average Bonchev–Trinajstić information content (AvgIpc) is 3.04. The predicted molar refractivity (Wildman–Crippen MR) is 80.9 cm³/mol. The lowest BCUT2D eigenvalue weighted by molar-refractivity contribution is 0.121. The first-order valence-corrected chi connectivity index (χ1v) is 7.69. The SMILES string of the molecule is NC1CN(Cc2ncn(-c3ccccc3)n2)CC12CCC2. The number of hydrogen-bond donors (Lipinski definition) is 1. The molecule has 2 fully saturated rings. The summed E-state index contributed by atoms with van der Waals surface area (Å²) in [4.78, 5) is 6.85. The number of para-hydroxylation sites is 1. The highest BCUT2D eigenvalue weighted by Gasteiger charge is 2.48. The Morgan fingerprint density at radius 3 is 2.71 bits per heavy atom. The molecule has 1 aromatic carbocycles. The van der Waals surface area contributed by atoms with E-state index in [1.54, 1.807) is 6.33 Å². The number of aromatic nitrogens is 3. The zero-order valence-electron chi connectivity index (χ0n) is 12.2. The van der Waals surface area contributed by atoms with E-state index in [-0.39, 0.29) is 0 Å². The number of hydrogen-bond acceptors (Lipinski definition) is 4. The molecule has 5 nitrogen and oxygen atoms in total. The molecule has 5 heteroatoms. The number of rotatable bonds is 3. The van der Waals surface area contributed by atoms with Crippen LogP contribution >= 0.6 is 0 Å². The molecule has 0 radical (unpaired) electrons. The number of likely N-dealkylation sites (tertiary alicyclic amines) is 1. The lowest BCUT2D eigenvalue weighted by atomic mass is 9.66. The molecule has 2 heterocycles. The molecule has 1 aliphatic heterocycles. The van der Waals surface area contributed by atoms with Gasteiger partial charge in [-0.15, -0.1) is 5.10 Å². The lowest BCUT2D eigenvalue weighted by Crippen LogP contribution is -2.45. The summed E-state index contributed by atoms with van der Waals surface area (Å²) < 4.78 is 1.84. The zero-order chi connectivity index (χ0) is 14.3. The minimum atomic E-state index is 0.322. The van der Waals surface area contributed by atoms with Gasteiger partial charge in [0, 0.05) is 19.1 Å². The Balaban J connectivity index is 1.45. The van der Waals surface area contributed by atoms with Crippen LogP contribution in [0.4, 0.5) is 0 Å². The Kier molecular flexibility index (Phi) is 3.05. The first-order valence-electron chi connectivity index (χ1n) is 7.69. The molecule has 2 aromatic rings. The fourth-order valence-corrected chi connectivity index (χ4v) is 3.65. The van der Waals surface area contributed by atoms with Gasteiger partial charge in [-0.3, -0.25) is 4.90 Å². The summed E-state index contributed by atoms with van der Waals surface area (Å²) in [7, 11) is 0. The Morgan fingerprint density at radius 1 is 1.24 bits per heavy atom. The maximum absolute atomic E-state index is 6.33. The molecule has 110 valence electrons. The zero-order valence-corrected chi connectivity index (χ0v) is 12.2. The quantitative estimate of drug-likeness (QED) is 0.929. The van der Waals surface area contributed by atoms with Gasteiger partial charge in [0.05, 0.1) is 12.2 Å². The van der Waals surface area contributed by atoms with Gasteiger partial charge in [0.25, 0.3) is 0 Å². The van der Waals surface area contributed by atoms with Crippen molar-refractivity contribution in [1.82, 2.24) is 19.7 Å². The van der Waals surface area contributed by atoms with Crippen LogP contribution in [0.5, 0.6) is 0 Å². The van der Waals surface area contributed by atoms with E-state index in [1.165, 1.54) is 19.3 Å². The molecule has 1 saturated heterocycles. The molecule has 4 rings (SSSR count). The minimum absolute atomic E-state index is 0.322. The van der Waals surface area contributed by atoms with Crippen LogP contribution in [0, 0.1) is 5.41 Å². The van der Waals surface area contributed by atoms with E-state index in [0.29, 0.717) is 11.5 Å². The average molecular weight is 283 g/mol. The van der Waals surface area contributed by atoms with Gasteiger partial charge in [0.1, 0.15) is 6.33 Å². The smallest absolute Gasteiger partial charge is 0.164 e. The normalized spacial score (nSPS) is 24.3. The molecule has 1 aliphatic carbocycles. The molecule has 0 amide bonds. The van der Waals surface area contributed by atoms with Gasteiger partial charge in [-0.1, -0.05) is 24.6 Å². The molecule has 1 aromatic heterocycles. The van der Waals surface area contributed by atoms with E-state index >= 15 is 0 Å². The van der Waals surface area contributed by atoms with Gasteiger partial charge in [-0.05, 0) is 30.4 Å². The highest BCUT2D eigenvalue weighted by Crippen LogP contribution is 2.47. The van der Waals surface area contributed by atoms with Crippen LogP contribution in [0.25, 0.3) is 5.69 Å². The highest BCUT2D eigenvalue weighted by molar-refractivity contribution is 5.29. The van der Waals surface area contributed by atoms with E-state index in [0.717, 1.165) is 31.1 Å². The van der Waals surface area contributed by atoms with Crippen molar-refractivity contribution in [3.05, 3.63) is 42.5 Å². The van der Waals surface area contributed by atoms with Crippen molar-refractivity contribution in [2.75, 3.05) is 13.1 Å². The van der Waals surface area contributed by atoms with Gasteiger partial charge in [-0.25, -0.2) is 9.67 Å². The fraction of sp³-hybridized carbons (Fsp3) is 0.500. The third kappa shape index (κ3) is 2.26. The molecule has 1 spiro atoms. The summed E-state index contributed by atoms with van der Waals surface area (Å²) in [6.07, 6.45) is 5.70. The van der Waals surface area contributed by atoms with Gasteiger partial charge < -0.3 is 5.73 Å². The summed E-state index contributed by atoms with van der Waals surface area (Å²) >= 11 is 0. The highest BCUT2D eigenvalue weighted by atomic mass is 15.3. The van der Waals surface area contributed by atoms with Crippen LogP contribution < -0.4 is 5.73 Å². The lowest BCUT2D eigenvalue weighted by Gasteiger charge is -2.41. The Morgan fingerprint density at radius 2 is 2.05 bits per heavy atom. The molecule has 2 N–H and O–H groups in total. The molecule has 1 unspecified atom stereocenters. The van der Waals surface area contributed by atoms with E-state index in [1.807, 2.05) is 35.0 Å². The second-order valence-electron chi connectivity index (χ2n) is 6.43. The van der Waals surface area contributed by atoms with Crippen molar-refractivity contribution in [2.45, 2.75) is 31.8 Å². The van der Waals surface area contributed by atoms with E-state index in [4.69, 9.17) is 5.73 Å². The molecular weight excluding hydrogens is 262 g/mol. The van der Waals surface area contributed by atoms with Crippen molar-refractivity contribution in [1.29, 1.82) is 0 Å². The largest absolute Gasteiger partial charge is 0.326 e. The van der Waals surface area contributed by atoms with Crippen LogP contribution in [0.15, 0.2) is 36.7 Å². The topological polar surface area (TPSA) is 60.0 Å². The van der Waals surface area contributed by atoms with E-state index in [2.05, 4.69) is 15.0 Å². The summed E-state index contributed by atoms with van der Waals surface area (Å²) in [5.74, 6) is 0.877. The summed E-state index contributed by atoms with van der Waals surface area (Å²) in [5, 5.41) is 4.58. The third-order valence-electron chi connectivity index (χ3n) is 5.05. The van der Waals surface area contributed by atoms with Gasteiger partial charge in [-0.2, -0.15) is 0 Å². The molecular formula is C16H21N5. The van der Waals surface area contributed by atoms with Crippen molar-refractivity contribution in [3.63, 3.8) is 0 Å². The van der Waals surface area contributed by atoms with Gasteiger partial charge in [0.2, 0.25) is 0 Å². The molecule has 0 bridgehead atoms. The molecule has 2 aliphatic rings. The first-order chi connectivity index (χ1) is 10.3. The van der Waals surface area contributed by atoms with Crippen LogP contribution in [-0.2, 0) is 6.54 Å². The van der Waals surface area contributed by atoms with Crippen molar-refractivity contribution >= 4 is 0 Å². The van der Waals surface area contributed by atoms with Crippen molar-refractivity contribution < 1.29 is 0 Å². The number of nitrogens with two attached hydrogens (primary N) is 1. The van der Waals surface area contributed by atoms with E-state index < -0.39 is 0 Å². The van der Waals surface area contributed by atoms with Gasteiger partial charge in [0.15, 0.2) is 5.82 Å². The molecule has 21 heavy (non-hydrogen) atoms. The van der Waals surface area contributed by atoms with Crippen molar-refractivity contribution in [3.8, 4) is 5.69 Å². The standard InChI is InChI=1S/C16H21N5/c17-14-9-20(11-16(14)7-4-8-16)10-15-18-12-21(19-15)13-5-2-1-3-6-13/h1-3,5-6,12,14H,4,7-11,17H2. The second-order valence-corrected chi connectivity index (χ2v) is 6.43. The third-order valence-corrected chi connectivity index (χ3v) is 5.05. The van der Waals surface area contributed by atoms with Crippen LogP contribution in [0.3, 0.4) is 0 Å². The Hall–Kier alpha value is -1.72. The Labute approximate surface area is 124 Å². The van der Waals surface area contributed by atoms with Crippen LogP contribution in [-0.4, -0.2) is 38.8 Å². The number of benzene rings is 1. The predicted octanol–water partition coefficient (Wildman–Crippen LogP) is 1.58. The maximum Gasteiger partial charge on any atom is 0.164 e. The minimum Gasteiger partial charge on any atom is -0.326 e. The molecule has 1 saturated carbocycles. The second kappa shape index (κ2) is 4.93. The monoisotopic (exact) mass is 283 g/mol. The van der Waals surface area contributed by atoms with E-state index in [9.17, 15) is 0 Å². The van der Waals surface area contributed by atoms with Gasteiger partial charge >= 0.3 is 0 Å². The summed E-state index contributed by atoms with van der Waals surface area (Å²) in [5.41, 5.74) is 7.76. The number of nitrogens with zero attached hydrogens (tertiary/aromatic N) is 4. The van der Waals surface area contributed by atoms with Crippen LogP contribution in [0.2, 0.25) is 0 Å². The summed E-state index contributed by atoms with van der Waals surface area (Å²) in [6.45, 7) is 2.88. The molecule has 1 atom stereocenters. The Bertz CT molecular complexity index is 617. The van der Waals surface area contributed by atoms with Crippen molar-refractivity contribution in [2.24, 2.45) is 11.1 Å². The maximum atomic E-state index is 6.33. The van der Waals surface area contributed by atoms with Crippen LogP contribution in [0.1, 0.15) is 25.1 Å². The fourth-order valence-electron chi connectivity index (χ4n) is 3.65. The first kappa shape index (κ1) is 13.0.